The van der Waals surface area contributed by atoms with E-state index in [2.05, 4.69) is 5.32 Å². The number of carbonyl (C=O) groups excluding carboxylic acids is 3. The molecule has 0 aliphatic carbocycles. The van der Waals surface area contributed by atoms with Crippen LogP contribution in [0.1, 0.15) is 36.2 Å². The standard InChI is InChI=1S/C26H25Cl2N3O3/c1-3-12-29-25(33)16(2)30(14-18-10-11-19(27)13-21(18)28)23(32)15-31-22-9-5-7-17-6-4-8-20(24(17)22)26(31)34/h4-11,13,16H,3,12,14-15H2,1-2H3,(H,29,33)/t16-/m1/s1. The molecule has 0 bridgehead atoms. The average molecular weight is 498 g/mol. The van der Waals surface area contributed by atoms with Crippen molar-refractivity contribution in [3.8, 4) is 0 Å². The van der Waals surface area contributed by atoms with Gasteiger partial charge >= 0.3 is 0 Å². The second-order valence-corrected chi connectivity index (χ2v) is 9.14. The van der Waals surface area contributed by atoms with Crippen molar-refractivity contribution in [3.05, 3.63) is 75.8 Å². The molecule has 8 heteroatoms. The van der Waals surface area contributed by atoms with Crippen LogP contribution in [0.25, 0.3) is 10.8 Å². The van der Waals surface area contributed by atoms with Crippen LogP contribution in [0.3, 0.4) is 0 Å². The van der Waals surface area contributed by atoms with Crippen molar-refractivity contribution in [2.45, 2.75) is 32.9 Å². The van der Waals surface area contributed by atoms with Gasteiger partial charge in [0.25, 0.3) is 5.91 Å². The Balaban J connectivity index is 1.63. The highest BCUT2D eigenvalue weighted by Gasteiger charge is 2.34. The second-order valence-electron chi connectivity index (χ2n) is 8.30. The number of hydrogen-bond acceptors (Lipinski definition) is 3. The number of carbonyl (C=O) groups is 3. The SMILES string of the molecule is CCCNC(=O)[C@@H](C)N(Cc1ccc(Cl)cc1Cl)C(=O)CN1C(=O)c2cccc3cccc1c23. The lowest BCUT2D eigenvalue weighted by atomic mass is 10.1. The van der Waals surface area contributed by atoms with Crippen LogP contribution in [0.4, 0.5) is 5.69 Å². The van der Waals surface area contributed by atoms with Crippen molar-refractivity contribution in [1.82, 2.24) is 10.2 Å². The van der Waals surface area contributed by atoms with E-state index in [1.807, 2.05) is 37.3 Å². The van der Waals surface area contributed by atoms with Crippen molar-refractivity contribution in [3.63, 3.8) is 0 Å². The van der Waals surface area contributed by atoms with E-state index >= 15 is 0 Å². The fourth-order valence-electron chi connectivity index (χ4n) is 4.17. The molecule has 0 aromatic heterocycles. The van der Waals surface area contributed by atoms with Crippen molar-refractivity contribution in [1.29, 1.82) is 0 Å². The van der Waals surface area contributed by atoms with E-state index in [4.69, 9.17) is 23.2 Å². The van der Waals surface area contributed by atoms with E-state index in [1.165, 1.54) is 9.80 Å². The largest absolute Gasteiger partial charge is 0.354 e. The van der Waals surface area contributed by atoms with E-state index in [9.17, 15) is 14.4 Å². The normalized spacial score (nSPS) is 13.3. The quantitative estimate of drug-likeness (QED) is 0.473. The first-order valence-corrected chi connectivity index (χ1v) is 11.9. The molecule has 0 radical (unpaired) electrons. The minimum atomic E-state index is -0.762. The minimum absolute atomic E-state index is 0.106. The summed E-state index contributed by atoms with van der Waals surface area (Å²) in [6.45, 7) is 4.05. The molecule has 1 atom stereocenters. The van der Waals surface area contributed by atoms with Gasteiger partial charge in [-0.15, -0.1) is 0 Å². The van der Waals surface area contributed by atoms with Crippen LogP contribution in [0.15, 0.2) is 54.6 Å². The molecule has 1 aliphatic heterocycles. The molecule has 0 unspecified atom stereocenters. The smallest absolute Gasteiger partial charge is 0.259 e. The van der Waals surface area contributed by atoms with Crippen LogP contribution in [0, 0.1) is 0 Å². The fourth-order valence-corrected chi connectivity index (χ4v) is 4.64. The summed E-state index contributed by atoms with van der Waals surface area (Å²) in [6, 6.07) is 15.4. The third kappa shape index (κ3) is 4.61. The van der Waals surface area contributed by atoms with Gasteiger partial charge < -0.3 is 10.2 Å². The second kappa shape index (κ2) is 10.0. The average Bonchev–Trinajstić information content (AvgIpc) is 3.09. The molecule has 0 spiro atoms. The zero-order valence-electron chi connectivity index (χ0n) is 19.0. The molecule has 176 valence electrons. The van der Waals surface area contributed by atoms with Gasteiger partial charge in [-0.25, -0.2) is 0 Å². The van der Waals surface area contributed by atoms with Crippen LogP contribution >= 0.6 is 23.2 Å². The number of anilines is 1. The van der Waals surface area contributed by atoms with Gasteiger partial charge in [-0.3, -0.25) is 19.3 Å². The van der Waals surface area contributed by atoms with Gasteiger partial charge in [-0.1, -0.05) is 60.5 Å². The summed E-state index contributed by atoms with van der Waals surface area (Å²) in [6.07, 6.45) is 0.778. The Kier molecular flexibility index (Phi) is 7.10. The highest BCUT2D eigenvalue weighted by atomic mass is 35.5. The molecule has 6 nitrogen and oxygen atoms in total. The van der Waals surface area contributed by atoms with Crippen LogP contribution in [0.2, 0.25) is 10.0 Å². The summed E-state index contributed by atoms with van der Waals surface area (Å²) in [5, 5.41) is 5.50. The van der Waals surface area contributed by atoms with Crippen LogP contribution in [-0.4, -0.2) is 41.8 Å². The van der Waals surface area contributed by atoms with E-state index in [-0.39, 0.29) is 30.8 Å². The lowest BCUT2D eigenvalue weighted by molar-refractivity contribution is -0.139. The van der Waals surface area contributed by atoms with Crippen LogP contribution in [-0.2, 0) is 16.1 Å². The van der Waals surface area contributed by atoms with E-state index in [0.29, 0.717) is 33.4 Å². The Labute approximate surface area is 208 Å². The summed E-state index contributed by atoms with van der Waals surface area (Å²) < 4.78 is 0. The van der Waals surface area contributed by atoms with Gasteiger partial charge in [0.1, 0.15) is 12.6 Å². The van der Waals surface area contributed by atoms with Crippen molar-refractivity contribution >= 4 is 57.4 Å². The topological polar surface area (TPSA) is 69.7 Å². The molecule has 1 N–H and O–H groups in total. The summed E-state index contributed by atoms with van der Waals surface area (Å²) in [4.78, 5) is 42.5. The summed E-state index contributed by atoms with van der Waals surface area (Å²) >= 11 is 12.4. The Morgan fingerprint density at radius 1 is 1.09 bits per heavy atom. The Morgan fingerprint density at radius 2 is 1.82 bits per heavy atom. The van der Waals surface area contributed by atoms with Crippen molar-refractivity contribution < 1.29 is 14.4 Å². The number of halogens is 2. The maximum Gasteiger partial charge on any atom is 0.259 e. The number of amides is 3. The van der Waals surface area contributed by atoms with Gasteiger partial charge in [0.05, 0.1) is 5.69 Å². The molecular weight excluding hydrogens is 473 g/mol. The lowest BCUT2D eigenvalue weighted by Crippen LogP contribution is -2.51. The molecule has 0 fully saturated rings. The molecule has 0 saturated heterocycles. The predicted octanol–water partition coefficient (Wildman–Crippen LogP) is 5.05. The molecule has 3 aromatic carbocycles. The third-order valence-corrected chi connectivity index (χ3v) is 6.60. The van der Waals surface area contributed by atoms with Crippen LogP contribution < -0.4 is 10.2 Å². The first-order valence-electron chi connectivity index (χ1n) is 11.2. The third-order valence-electron chi connectivity index (χ3n) is 6.01. The summed E-state index contributed by atoms with van der Waals surface area (Å²) in [5.41, 5.74) is 1.92. The molecule has 1 aliphatic rings. The molecule has 34 heavy (non-hydrogen) atoms. The zero-order chi connectivity index (χ0) is 24.4. The summed E-state index contributed by atoms with van der Waals surface area (Å²) in [7, 11) is 0. The monoisotopic (exact) mass is 497 g/mol. The van der Waals surface area contributed by atoms with Gasteiger partial charge in [-0.05, 0) is 48.6 Å². The highest BCUT2D eigenvalue weighted by molar-refractivity contribution is 6.35. The molecule has 0 saturated carbocycles. The number of nitrogens with one attached hydrogen (secondary N) is 1. The highest BCUT2D eigenvalue weighted by Crippen LogP contribution is 2.37. The van der Waals surface area contributed by atoms with Gasteiger partial charge in [0.2, 0.25) is 11.8 Å². The maximum absolute atomic E-state index is 13.6. The Hall–Kier alpha value is -3.09. The van der Waals surface area contributed by atoms with Gasteiger partial charge in [0, 0.05) is 34.1 Å². The minimum Gasteiger partial charge on any atom is -0.354 e. The number of benzene rings is 3. The first kappa shape index (κ1) is 24.0. The predicted molar refractivity (Wildman–Crippen MR) is 135 cm³/mol. The zero-order valence-corrected chi connectivity index (χ0v) is 20.5. The van der Waals surface area contributed by atoms with Gasteiger partial charge in [0.15, 0.2) is 0 Å². The van der Waals surface area contributed by atoms with Crippen molar-refractivity contribution in [2.75, 3.05) is 18.0 Å². The number of nitrogens with zero attached hydrogens (tertiary/aromatic N) is 2. The number of hydrogen-bond donors (Lipinski definition) is 1. The maximum atomic E-state index is 13.6. The van der Waals surface area contributed by atoms with Crippen LogP contribution in [0.5, 0.6) is 0 Å². The Morgan fingerprint density at radius 3 is 2.53 bits per heavy atom. The fraction of sp³-hybridized carbons (Fsp3) is 0.269. The molecule has 1 heterocycles. The summed E-state index contributed by atoms with van der Waals surface area (Å²) in [5.74, 6) is -0.852. The van der Waals surface area contributed by atoms with E-state index in [1.54, 1.807) is 31.2 Å². The van der Waals surface area contributed by atoms with Crippen molar-refractivity contribution in [2.24, 2.45) is 0 Å². The van der Waals surface area contributed by atoms with Gasteiger partial charge in [-0.2, -0.15) is 0 Å². The van der Waals surface area contributed by atoms with E-state index < -0.39 is 6.04 Å². The Bertz CT molecular complexity index is 1270. The lowest BCUT2D eigenvalue weighted by Gasteiger charge is -2.31. The van der Waals surface area contributed by atoms with E-state index in [0.717, 1.165) is 17.2 Å². The molecule has 3 amide bonds. The molecule has 4 rings (SSSR count). The number of rotatable bonds is 8. The molecule has 3 aromatic rings. The first-order chi connectivity index (χ1) is 16.3. The molecular formula is C26H25Cl2N3O3.